The summed E-state index contributed by atoms with van der Waals surface area (Å²) in [6.07, 6.45) is -0.139. The van der Waals surface area contributed by atoms with Crippen LogP contribution in [-0.2, 0) is 39.1 Å². The van der Waals surface area contributed by atoms with Crippen molar-refractivity contribution in [3.8, 4) is 0 Å². The molecule has 0 amide bonds. The summed E-state index contributed by atoms with van der Waals surface area (Å²) in [5.41, 5.74) is 2.80. The molecule has 3 aromatic rings. The van der Waals surface area contributed by atoms with Crippen molar-refractivity contribution in [2.24, 2.45) is 5.92 Å². The number of carboxylic acid groups (broad SMARTS) is 1. The lowest BCUT2D eigenvalue weighted by molar-refractivity contribution is -0.163. The Labute approximate surface area is 276 Å². The summed E-state index contributed by atoms with van der Waals surface area (Å²) < 4.78 is 15.8. The van der Waals surface area contributed by atoms with E-state index in [9.17, 15) is 24.3 Å². The Morgan fingerprint density at radius 3 is 1.85 bits per heavy atom. The molecule has 1 aliphatic rings. The molecule has 0 spiro atoms. The third kappa shape index (κ3) is 7.39. The first-order valence-corrected chi connectivity index (χ1v) is 15.8. The first-order chi connectivity index (χ1) is 22.5. The molecule has 0 aliphatic carbocycles. The summed E-state index contributed by atoms with van der Waals surface area (Å²) in [7, 11) is 1.30. The highest BCUT2D eigenvalue weighted by molar-refractivity contribution is 5.95. The van der Waals surface area contributed by atoms with Gasteiger partial charge in [0.15, 0.2) is 5.92 Å². The van der Waals surface area contributed by atoms with Crippen molar-refractivity contribution in [3.63, 3.8) is 0 Å². The van der Waals surface area contributed by atoms with Crippen molar-refractivity contribution < 1.29 is 38.5 Å². The van der Waals surface area contributed by atoms with E-state index in [0.717, 1.165) is 16.7 Å². The summed E-state index contributed by atoms with van der Waals surface area (Å²) in [4.78, 5) is 57.2. The van der Waals surface area contributed by atoms with Crippen LogP contribution in [0.1, 0.15) is 67.1 Å². The van der Waals surface area contributed by atoms with Gasteiger partial charge in [0.05, 0.1) is 38.6 Å². The number of nitrogens with zero attached hydrogens (tertiary/aromatic N) is 2. The molecule has 4 unspecified atom stereocenters. The number of hydrogen-bond donors (Lipinski definition) is 1. The fraction of sp³-hybridized carbons (Fsp3) is 0.405. The van der Waals surface area contributed by atoms with Crippen molar-refractivity contribution in [1.82, 2.24) is 9.80 Å². The van der Waals surface area contributed by atoms with Crippen molar-refractivity contribution >= 4 is 23.9 Å². The fourth-order valence-corrected chi connectivity index (χ4v) is 6.61. The lowest BCUT2D eigenvalue weighted by Crippen LogP contribution is -2.53. The van der Waals surface area contributed by atoms with Crippen LogP contribution in [0.3, 0.4) is 0 Å². The zero-order chi connectivity index (χ0) is 34.3. The topological polar surface area (TPSA) is 123 Å². The van der Waals surface area contributed by atoms with E-state index in [4.69, 9.17) is 14.2 Å². The maximum absolute atomic E-state index is 13.7. The van der Waals surface area contributed by atoms with E-state index < -0.39 is 53.6 Å². The van der Waals surface area contributed by atoms with E-state index in [2.05, 4.69) is 0 Å². The number of aryl methyl sites for hydroxylation is 2. The standard InChI is InChI=1S/C37H44N2O8/c1-7-46-35(43)29(36(44)47-8-2)22-30(26-12-10-9-11-13-26)39-33(34(41)42)32(27-18-14-24(3)15-19-27)38(23-31(40)45-6)37(39,5)28-20-16-25(4)17-21-28/h9-21,29-30,32-33H,7-8,22-23H2,1-6H3,(H,41,42). The zero-order valence-electron chi connectivity index (χ0n) is 27.8. The molecule has 10 heteroatoms. The molecule has 3 aromatic carbocycles. The maximum Gasteiger partial charge on any atom is 0.323 e. The largest absolute Gasteiger partial charge is 0.480 e. The van der Waals surface area contributed by atoms with Gasteiger partial charge in [-0.15, -0.1) is 0 Å². The minimum absolute atomic E-state index is 0.0513. The van der Waals surface area contributed by atoms with Gasteiger partial charge in [0.25, 0.3) is 0 Å². The molecule has 1 fully saturated rings. The number of esters is 3. The van der Waals surface area contributed by atoms with Crippen LogP contribution in [0, 0.1) is 19.8 Å². The number of benzene rings is 3. The summed E-state index contributed by atoms with van der Waals surface area (Å²) in [5, 5.41) is 11.2. The Morgan fingerprint density at radius 1 is 0.830 bits per heavy atom. The molecule has 0 radical (unpaired) electrons. The van der Waals surface area contributed by atoms with Crippen LogP contribution in [0.25, 0.3) is 0 Å². The second-order valence-electron chi connectivity index (χ2n) is 11.9. The molecule has 10 nitrogen and oxygen atoms in total. The summed E-state index contributed by atoms with van der Waals surface area (Å²) >= 11 is 0. The second-order valence-corrected chi connectivity index (χ2v) is 11.9. The van der Waals surface area contributed by atoms with Crippen molar-refractivity contribution in [1.29, 1.82) is 0 Å². The second kappa shape index (κ2) is 15.4. The Kier molecular flexibility index (Phi) is 11.5. The van der Waals surface area contributed by atoms with Gasteiger partial charge in [0.2, 0.25) is 0 Å². The van der Waals surface area contributed by atoms with Gasteiger partial charge in [0.1, 0.15) is 6.04 Å². The van der Waals surface area contributed by atoms with Gasteiger partial charge in [-0.05, 0) is 57.7 Å². The number of carboxylic acids is 1. The summed E-state index contributed by atoms with van der Waals surface area (Å²) in [6, 6.07) is 21.5. The smallest absolute Gasteiger partial charge is 0.323 e. The number of carbonyl (C=O) groups is 4. The summed E-state index contributed by atoms with van der Waals surface area (Å²) in [5.74, 6) is -4.53. The number of ether oxygens (including phenoxy) is 3. The highest BCUT2D eigenvalue weighted by Crippen LogP contribution is 2.54. The van der Waals surface area contributed by atoms with Crippen molar-refractivity contribution in [2.75, 3.05) is 26.9 Å². The number of hydrogen-bond acceptors (Lipinski definition) is 9. The SMILES string of the molecule is CCOC(=O)C(CC(c1ccccc1)N1C(C(=O)O)C(c2ccc(C)cc2)N(CC(=O)OC)C1(C)c1ccc(C)cc1)C(=O)OCC. The normalized spacial score (nSPS) is 20.5. The van der Waals surface area contributed by atoms with Crippen LogP contribution >= 0.6 is 0 Å². The minimum Gasteiger partial charge on any atom is -0.480 e. The molecule has 1 N–H and O–H groups in total. The van der Waals surface area contributed by atoms with Crippen molar-refractivity contribution in [3.05, 3.63) is 107 Å². The first kappa shape index (κ1) is 35.3. The molecular formula is C37H44N2O8. The van der Waals surface area contributed by atoms with E-state index in [0.29, 0.717) is 11.1 Å². The highest BCUT2D eigenvalue weighted by Gasteiger charge is 2.61. The molecule has 250 valence electrons. The predicted octanol–water partition coefficient (Wildman–Crippen LogP) is 5.34. The Bertz CT molecular complexity index is 1520. The molecule has 4 rings (SSSR count). The zero-order valence-corrected chi connectivity index (χ0v) is 27.8. The van der Waals surface area contributed by atoms with Gasteiger partial charge in [-0.3, -0.25) is 29.0 Å². The Morgan fingerprint density at radius 2 is 1.36 bits per heavy atom. The Hall–Kier alpha value is -4.54. The average Bonchev–Trinajstić information content (AvgIpc) is 3.31. The minimum atomic E-state index is -1.34. The lowest BCUT2D eigenvalue weighted by atomic mass is 9.88. The molecule has 4 atom stereocenters. The van der Waals surface area contributed by atoms with Gasteiger partial charge in [-0.2, -0.15) is 0 Å². The van der Waals surface area contributed by atoms with Gasteiger partial charge >= 0.3 is 23.9 Å². The van der Waals surface area contributed by atoms with Crippen LogP contribution in [0.2, 0.25) is 0 Å². The number of methoxy groups -OCH3 is 1. The van der Waals surface area contributed by atoms with Crippen LogP contribution in [-0.4, -0.2) is 71.7 Å². The van der Waals surface area contributed by atoms with Crippen LogP contribution in [0.5, 0.6) is 0 Å². The maximum atomic E-state index is 13.7. The van der Waals surface area contributed by atoms with E-state index >= 15 is 0 Å². The first-order valence-electron chi connectivity index (χ1n) is 15.8. The molecule has 0 aromatic heterocycles. The van der Waals surface area contributed by atoms with Crippen molar-refractivity contribution in [2.45, 2.75) is 64.8 Å². The highest BCUT2D eigenvalue weighted by atomic mass is 16.6. The quantitative estimate of drug-likeness (QED) is 0.148. The molecule has 47 heavy (non-hydrogen) atoms. The average molecular weight is 645 g/mol. The third-order valence-corrected chi connectivity index (χ3v) is 8.92. The Balaban J connectivity index is 2.07. The molecule has 1 saturated heterocycles. The summed E-state index contributed by atoms with van der Waals surface area (Å²) in [6.45, 7) is 8.95. The predicted molar refractivity (Wildman–Crippen MR) is 175 cm³/mol. The molecule has 1 heterocycles. The van der Waals surface area contributed by atoms with Gasteiger partial charge < -0.3 is 19.3 Å². The van der Waals surface area contributed by atoms with E-state index in [-0.39, 0.29) is 26.2 Å². The van der Waals surface area contributed by atoms with Crippen LogP contribution in [0.4, 0.5) is 0 Å². The van der Waals surface area contributed by atoms with E-state index in [1.54, 1.807) is 13.8 Å². The van der Waals surface area contributed by atoms with Gasteiger partial charge in [-0.25, -0.2) is 0 Å². The number of carbonyl (C=O) groups excluding carboxylic acids is 3. The number of rotatable bonds is 13. The van der Waals surface area contributed by atoms with Crippen LogP contribution < -0.4 is 0 Å². The lowest BCUT2D eigenvalue weighted by Gasteiger charge is -2.46. The number of aliphatic carboxylic acids is 1. The van der Waals surface area contributed by atoms with Crippen LogP contribution in [0.15, 0.2) is 78.9 Å². The van der Waals surface area contributed by atoms with Gasteiger partial charge in [-0.1, -0.05) is 90.0 Å². The van der Waals surface area contributed by atoms with Gasteiger partial charge in [0, 0.05) is 6.04 Å². The molecule has 1 aliphatic heterocycles. The van der Waals surface area contributed by atoms with E-state index in [1.807, 2.05) is 109 Å². The molecular weight excluding hydrogens is 600 g/mol. The monoisotopic (exact) mass is 644 g/mol. The molecule has 0 saturated carbocycles. The fourth-order valence-electron chi connectivity index (χ4n) is 6.61. The molecule has 0 bridgehead atoms. The third-order valence-electron chi connectivity index (χ3n) is 8.92. The van der Waals surface area contributed by atoms with E-state index in [1.165, 1.54) is 7.11 Å².